The van der Waals surface area contributed by atoms with E-state index in [9.17, 15) is 0 Å². The Morgan fingerprint density at radius 3 is 1.08 bits per heavy atom. The van der Waals surface area contributed by atoms with Gasteiger partial charge in [-0.1, -0.05) is 51.4 Å². The van der Waals surface area contributed by atoms with Crippen LogP contribution in [0.15, 0.2) is 0 Å². The van der Waals surface area contributed by atoms with Crippen molar-refractivity contribution >= 4 is 67.9 Å². The minimum Gasteiger partial charge on any atom is -0.317 e. The van der Waals surface area contributed by atoms with Crippen molar-refractivity contribution in [3.63, 3.8) is 0 Å². The Labute approximate surface area is 284 Å². The van der Waals surface area contributed by atoms with Crippen molar-refractivity contribution in [3.05, 3.63) is 0 Å². The largest absolute Gasteiger partial charge is 0.317 e. The van der Waals surface area contributed by atoms with Gasteiger partial charge in [0.25, 0.3) is 0 Å². The van der Waals surface area contributed by atoms with E-state index >= 15 is 0 Å². The van der Waals surface area contributed by atoms with Gasteiger partial charge in [-0.05, 0) is 146 Å². The summed E-state index contributed by atoms with van der Waals surface area (Å²) in [5, 5.41) is 14.8. The van der Waals surface area contributed by atoms with E-state index in [0.29, 0.717) is 0 Å². The second kappa shape index (κ2) is 25.1. The number of hydrogen-bond acceptors (Lipinski definition) is 4. The normalized spacial score (nSPS) is 29.8. The number of fused-ring (bicyclic) bond motifs is 2. The van der Waals surface area contributed by atoms with Crippen LogP contribution < -0.4 is 21.3 Å². The minimum absolute atomic E-state index is 0. The molecule has 4 rings (SSSR count). The third-order valence-corrected chi connectivity index (χ3v) is 10.3. The number of hydrogen-bond donors (Lipinski definition) is 4. The lowest BCUT2D eigenvalue weighted by molar-refractivity contribution is 0.129. The second-order valence-electron chi connectivity index (χ2n) is 12.9. The van der Waals surface area contributed by atoms with Crippen LogP contribution in [0.5, 0.6) is 0 Å². The molecule has 4 nitrogen and oxygen atoms in total. The molecule has 4 aliphatic rings. The average Bonchev–Trinajstić information content (AvgIpc) is 2.90. The first-order chi connectivity index (χ1) is 17.4. The van der Waals surface area contributed by atoms with Gasteiger partial charge in [0.2, 0.25) is 0 Å². The van der Waals surface area contributed by atoms with Gasteiger partial charge < -0.3 is 21.3 Å². The van der Waals surface area contributed by atoms with Gasteiger partial charge in [-0.25, -0.2) is 0 Å². The first-order valence-corrected chi connectivity index (χ1v) is 16.2. The van der Waals surface area contributed by atoms with E-state index in [2.05, 4.69) is 21.3 Å². The van der Waals surface area contributed by atoms with Gasteiger partial charge in [-0.2, -0.15) is 0 Å². The molecule has 236 valence electrons. The topological polar surface area (TPSA) is 48.1 Å². The van der Waals surface area contributed by atoms with Gasteiger partial charge in [-0.3, -0.25) is 0 Å². The van der Waals surface area contributed by atoms with Crippen molar-refractivity contribution in [2.45, 2.75) is 109 Å². The standard InChI is InChI=1S/C31H60N4.4BrH/c1-3-10-30-22-26(12-14-28(30)8-1)24-34-20-6-18-32-16-5-17-33-19-7-21-35-25-27-13-15-29-9-2-4-11-31(29)23-27;;;;/h26-35H,1-25H2;4*1H. The van der Waals surface area contributed by atoms with Crippen LogP contribution in [0.3, 0.4) is 0 Å². The number of halogens is 4. The zero-order valence-electron chi connectivity index (χ0n) is 24.8. The molecule has 4 fully saturated rings. The molecule has 6 atom stereocenters. The lowest BCUT2D eigenvalue weighted by Crippen LogP contribution is -2.34. The van der Waals surface area contributed by atoms with E-state index in [1.54, 1.807) is 0 Å². The number of rotatable bonds is 16. The zero-order valence-corrected chi connectivity index (χ0v) is 31.6. The fourth-order valence-corrected chi connectivity index (χ4v) is 8.19. The Bertz CT molecular complexity index is 513. The second-order valence-corrected chi connectivity index (χ2v) is 12.9. The van der Waals surface area contributed by atoms with E-state index in [0.717, 1.165) is 61.7 Å². The van der Waals surface area contributed by atoms with Crippen molar-refractivity contribution in [2.75, 3.05) is 52.4 Å². The summed E-state index contributed by atoms with van der Waals surface area (Å²) in [5.41, 5.74) is 0. The van der Waals surface area contributed by atoms with Gasteiger partial charge in [-0.15, -0.1) is 67.9 Å². The monoisotopic (exact) mass is 808 g/mol. The maximum atomic E-state index is 3.76. The van der Waals surface area contributed by atoms with E-state index in [4.69, 9.17) is 0 Å². The quantitative estimate of drug-likeness (QED) is 0.119. The molecule has 39 heavy (non-hydrogen) atoms. The van der Waals surface area contributed by atoms with E-state index in [1.165, 1.54) is 135 Å². The molecule has 6 unspecified atom stereocenters. The Balaban J connectivity index is 0.00000361. The highest BCUT2D eigenvalue weighted by atomic mass is 79.9. The van der Waals surface area contributed by atoms with Crippen molar-refractivity contribution in [1.29, 1.82) is 0 Å². The average molecular weight is 812 g/mol. The Morgan fingerprint density at radius 2 is 0.692 bits per heavy atom. The molecule has 0 amide bonds. The Hall–Kier alpha value is 1.76. The molecule has 0 aromatic carbocycles. The summed E-state index contributed by atoms with van der Waals surface area (Å²) in [4.78, 5) is 0. The molecule has 0 bridgehead atoms. The van der Waals surface area contributed by atoms with Crippen LogP contribution in [0.4, 0.5) is 0 Å². The molecule has 0 spiro atoms. The summed E-state index contributed by atoms with van der Waals surface area (Å²) in [7, 11) is 0. The molecule has 0 saturated heterocycles. The lowest BCUT2D eigenvalue weighted by atomic mass is 9.67. The van der Waals surface area contributed by atoms with Gasteiger partial charge in [0.15, 0.2) is 0 Å². The summed E-state index contributed by atoms with van der Waals surface area (Å²) >= 11 is 0. The SMILES string of the molecule is Br.Br.Br.Br.C(CNCCCNCC1CCC2CCCCC2C1)CNCCCNCC1CCC2CCCCC2C1. The van der Waals surface area contributed by atoms with E-state index < -0.39 is 0 Å². The summed E-state index contributed by atoms with van der Waals surface area (Å²) in [6.07, 6.45) is 24.9. The molecular formula is C31H64Br4N4. The predicted molar refractivity (Wildman–Crippen MR) is 192 cm³/mol. The fraction of sp³-hybridized carbons (Fsp3) is 1.00. The lowest BCUT2D eigenvalue weighted by Gasteiger charge is -2.39. The third kappa shape index (κ3) is 15.9. The fourth-order valence-electron chi connectivity index (χ4n) is 8.19. The smallest absolute Gasteiger partial charge is 0.00204 e. The molecular weight excluding hydrogens is 748 g/mol. The maximum absolute atomic E-state index is 3.76. The van der Waals surface area contributed by atoms with Gasteiger partial charge in [0.1, 0.15) is 0 Å². The van der Waals surface area contributed by atoms with Crippen molar-refractivity contribution in [1.82, 2.24) is 21.3 Å². The van der Waals surface area contributed by atoms with Gasteiger partial charge >= 0.3 is 0 Å². The molecule has 0 aliphatic heterocycles. The maximum Gasteiger partial charge on any atom is -0.00204 e. The molecule has 8 heteroatoms. The van der Waals surface area contributed by atoms with E-state index in [1.807, 2.05) is 0 Å². The highest BCUT2D eigenvalue weighted by Crippen LogP contribution is 2.43. The van der Waals surface area contributed by atoms with Gasteiger partial charge in [0, 0.05) is 0 Å². The number of nitrogens with one attached hydrogen (secondary N) is 4. The van der Waals surface area contributed by atoms with Crippen LogP contribution in [-0.4, -0.2) is 52.4 Å². The van der Waals surface area contributed by atoms with Crippen LogP contribution in [0.2, 0.25) is 0 Å². The molecule has 0 radical (unpaired) electrons. The van der Waals surface area contributed by atoms with Crippen LogP contribution in [0.1, 0.15) is 109 Å². The first kappa shape index (κ1) is 40.8. The van der Waals surface area contributed by atoms with Crippen LogP contribution in [0, 0.1) is 35.5 Å². The van der Waals surface area contributed by atoms with Crippen molar-refractivity contribution in [2.24, 2.45) is 35.5 Å². The Kier molecular flexibility index (Phi) is 26.3. The van der Waals surface area contributed by atoms with Crippen LogP contribution >= 0.6 is 67.9 Å². The van der Waals surface area contributed by atoms with Crippen LogP contribution in [-0.2, 0) is 0 Å². The van der Waals surface area contributed by atoms with E-state index in [-0.39, 0.29) is 67.9 Å². The Morgan fingerprint density at radius 1 is 0.359 bits per heavy atom. The minimum atomic E-state index is 0. The molecule has 4 aliphatic carbocycles. The first-order valence-electron chi connectivity index (χ1n) is 16.2. The third-order valence-electron chi connectivity index (χ3n) is 10.3. The molecule has 4 saturated carbocycles. The predicted octanol–water partition coefficient (Wildman–Crippen LogP) is 8.04. The van der Waals surface area contributed by atoms with Crippen molar-refractivity contribution in [3.8, 4) is 0 Å². The summed E-state index contributed by atoms with van der Waals surface area (Å²) in [6.45, 7) is 9.54. The zero-order chi connectivity index (χ0) is 24.0. The van der Waals surface area contributed by atoms with Gasteiger partial charge in [0.05, 0.1) is 0 Å². The summed E-state index contributed by atoms with van der Waals surface area (Å²) < 4.78 is 0. The van der Waals surface area contributed by atoms with Crippen molar-refractivity contribution < 1.29 is 0 Å². The highest BCUT2D eigenvalue weighted by molar-refractivity contribution is 8.93. The molecule has 4 N–H and O–H groups in total. The van der Waals surface area contributed by atoms with Crippen LogP contribution in [0.25, 0.3) is 0 Å². The highest BCUT2D eigenvalue weighted by Gasteiger charge is 2.32. The summed E-state index contributed by atoms with van der Waals surface area (Å²) in [5.74, 6) is 6.24. The molecule has 0 heterocycles. The summed E-state index contributed by atoms with van der Waals surface area (Å²) in [6, 6.07) is 0. The molecule has 0 aromatic heterocycles. The molecule has 0 aromatic rings.